The summed E-state index contributed by atoms with van der Waals surface area (Å²) in [6.45, 7) is 16.7. The van der Waals surface area contributed by atoms with Gasteiger partial charge in [0.25, 0.3) is 0 Å². The SMILES string of the molecule is CCCCCCCN(C(=O)C(Cc1ccc(O)cc1)NC(=O)OC(C)(C)C)C(C(=O)NC(Cc1ccccc1)C(=O)OC(C)(C)C)c1cccc(C)c1C. The molecule has 294 valence electrons. The van der Waals surface area contributed by atoms with Gasteiger partial charge in [-0.05, 0) is 102 Å². The molecule has 0 spiro atoms. The molecule has 10 nitrogen and oxygen atoms in total. The van der Waals surface area contributed by atoms with Gasteiger partial charge in [0.15, 0.2) is 0 Å². The van der Waals surface area contributed by atoms with E-state index in [1.54, 1.807) is 58.6 Å². The second kappa shape index (κ2) is 20.0. The van der Waals surface area contributed by atoms with Crippen LogP contribution < -0.4 is 10.6 Å². The minimum absolute atomic E-state index is 0.0668. The Kier molecular flexibility index (Phi) is 16.1. The lowest BCUT2D eigenvalue weighted by atomic mass is 9.93. The number of amides is 3. The number of aryl methyl sites for hydroxylation is 1. The molecule has 3 atom stereocenters. The molecule has 3 N–H and O–H groups in total. The van der Waals surface area contributed by atoms with Gasteiger partial charge >= 0.3 is 12.1 Å². The molecule has 10 heteroatoms. The number of ether oxygens (including phenoxy) is 2. The highest BCUT2D eigenvalue weighted by Gasteiger charge is 2.39. The fourth-order valence-corrected chi connectivity index (χ4v) is 6.16. The van der Waals surface area contributed by atoms with Crippen molar-refractivity contribution in [2.24, 2.45) is 0 Å². The molecule has 0 aromatic heterocycles. The van der Waals surface area contributed by atoms with Crippen LogP contribution in [0.1, 0.15) is 114 Å². The Bertz CT molecular complexity index is 1680. The molecule has 0 aliphatic heterocycles. The zero-order chi connectivity index (χ0) is 40.1. The molecule has 3 aromatic carbocycles. The van der Waals surface area contributed by atoms with Gasteiger partial charge < -0.3 is 30.1 Å². The number of aromatic hydroxyl groups is 1. The van der Waals surface area contributed by atoms with E-state index in [4.69, 9.17) is 9.47 Å². The average Bonchev–Trinajstić information content (AvgIpc) is 3.08. The molecule has 0 saturated carbocycles. The van der Waals surface area contributed by atoms with Crippen LogP contribution in [-0.2, 0) is 36.7 Å². The van der Waals surface area contributed by atoms with E-state index in [1.807, 2.05) is 62.4 Å². The fourth-order valence-electron chi connectivity index (χ4n) is 6.16. The Morgan fingerprint density at radius 3 is 1.91 bits per heavy atom. The van der Waals surface area contributed by atoms with Crippen molar-refractivity contribution in [2.75, 3.05) is 6.54 Å². The molecule has 0 heterocycles. The lowest BCUT2D eigenvalue weighted by Crippen LogP contribution is -2.55. The molecule has 3 amide bonds. The summed E-state index contributed by atoms with van der Waals surface area (Å²) in [7, 11) is 0. The number of hydrogen-bond acceptors (Lipinski definition) is 7. The van der Waals surface area contributed by atoms with E-state index in [9.17, 15) is 19.5 Å². The van der Waals surface area contributed by atoms with Gasteiger partial charge in [-0.25, -0.2) is 9.59 Å². The van der Waals surface area contributed by atoms with E-state index in [-0.39, 0.29) is 25.1 Å². The lowest BCUT2D eigenvalue weighted by molar-refractivity contribution is -0.159. The molecule has 54 heavy (non-hydrogen) atoms. The van der Waals surface area contributed by atoms with Crippen molar-refractivity contribution >= 4 is 23.9 Å². The van der Waals surface area contributed by atoms with E-state index in [0.717, 1.165) is 42.4 Å². The van der Waals surface area contributed by atoms with E-state index >= 15 is 4.79 Å². The van der Waals surface area contributed by atoms with E-state index < -0.39 is 53.2 Å². The summed E-state index contributed by atoms with van der Waals surface area (Å²) in [5, 5.41) is 15.7. The molecule has 0 aliphatic rings. The first kappa shape index (κ1) is 43.5. The lowest BCUT2D eigenvalue weighted by Gasteiger charge is -2.36. The molecule has 0 aliphatic carbocycles. The quantitative estimate of drug-likeness (QED) is 0.0941. The summed E-state index contributed by atoms with van der Waals surface area (Å²) in [5.74, 6) is -1.55. The number of nitrogens with one attached hydrogen (secondary N) is 2. The highest BCUT2D eigenvalue weighted by atomic mass is 16.6. The van der Waals surface area contributed by atoms with Gasteiger partial charge in [-0.3, -0.25) is 9.59 Å². The van der Waals surface area contributed by atoms with Crippen molar-refractivity contribution in [2.45, 2.75) is 137 Å². The van der Waals surface area contributed by atoms with Gasteiger partial charge in [0.2, 0.25) is 11.8 Å². The molecule has 0 fully saturated rings. The van der Waals surface area contributed by atoms with Crippen LogP contribution in [0.5, 0.6) is 5.75 Å². The zero-order valence-electron chi connectivity index (χ0n) is 33.7. The minimum Gasteiger partial charge on any atom is -0.508 e. The number of benzene rings is 3. The summed E-state index contributed by atoms with van der Waals surface area (Å²) < 4.78 is 11.4. The molecule has 0 saturated heterocycles. The van der Waals surface area contributed by atoms with E-state index in [2.05, 4.69) is 17.6 Å². The van der Waals surface area contributed by atoms with Crippen LogP contribution in [0.4, 0.5) is 4.79 Å². The van der Waals surface area contributed by atoms with Gasteiger partial charge in [0, 0.05) is 19.4 Å². The Balaban J connectivity index is 2.17. The third-order valence-electron chi connectivity index (χ3n) is 8.94. The summed E-state index contributed by atoms with van der Waals surface area (Å²) in [5.41, 5.74) is 2.25. The van der Waals surface area contributed by atoms with Crippen molar-refractivity contribution in [1.82, 2.24) is 15.5 Å². The van der Waals surface area contributed by atoms with Gasteiger partial charge in [-0.1, -0.05) is 93.3 Å². The summed E-state index contributed by atoms with van der Waals surface area (Å²) in [6.07, 6.45) is 3.95. The van der Waals surface area contributed by atoms with Crippen LogP contribution in [0.25, 0.3) is 0 Å². The second-order valence-corrected chi connectivity index (χ2v) is 16.0. The molecule has 0 radical (unpaired) electrons. The zero-order valence-corrected chi connectivity index (χ0v) is 33.7. The standard InChI is InChI=1S/C44H61N3O7/c1-10-11-12-13-17-27-47(40(50)36(46-42(52)54-44(7,8)9)28-33-23-25-34(48)26-24-33)38(35-22-18-19-30(2)31(35)3)39(49)45-37(41(51)53-43(4,5)6)29-32-20-15-14-16-21-32/h14-16,18-26,36-38,48H,10-13,17,27-29H2,1-9H3,(H,45,49)(H,46,52). The number of phenols is 1. The van der Waals surface area contributed by atoms with Crippen molar-refractivity contribution in [3.8, 4) is 5.75 Å². The topological polar surface area (TPSA) is 134 Å². The number of nitrogens with zero attached hydrogens (tertiary/aromatic N) is 1. The first-order chi connectivity index (χ1) is 25.4. The minimum atomic E-state index is -1.16. The third-order valence-corrected chi connectivity index (χ3v) is 8.94. The second-order valence-electron chi connectivity index (χ2n) is 16.0. The van der Waals surface area contributed by atoms with E-state index in [0.29, 0.717) is 17.5 Å². The van der Waals surface area contributed by atoms with Gasteiger partial charge in [0.05, 0.1) is 0 Å². The third kappa shape index (κ3) is 14.2. The predicted octanol–water partition coefficient (Wildman–Crippen LogP) is 8.05. The van der Waals surface area contributed by atoms with Crippen molar-refractivity contribution < 1.29 is 33.8 Å². The number of hydrogen-bond donors (Lipinski definition) is 3. The maximum absolute atomic E-state index is 15.1. The number of unbranched alkanes of at least 4 members (excludes halogenated alkanes) is 4. The highest BCUT2D eigenvalue weighted by molar-refractivity contribution is 5.94. The van der Waals surface area contributed by atoms with Crippen LogP contribution in [0.3, 0.4) is 0 Å². The maximum Gasteiger partial charge on any atom is 0.408 e. The molecular formula is C44H61N3O7. The van der Waals surface area contributed by atoms with E-state index in [1.165, 1.54) is 12.1 Å². The van der Waals surface area contributed by atoms with Crippen molar-refractivity contribution in [1.29, 1.82) is 0 Å². The van der Waals surface area contributed by atoms with Gasteiger partial charge in [-0.2, -0.15) is 0 Å². The molecule has 3 unspecified atom stereocenters. The number of esters is 1. The van der Waals surface area contributed by atoms with Gasteiger partial charge in [-0.15, -0.1) is 0 Å². The molecule has 3 rings (SSSR count). The Labute approximate surface area is 322 Å². The Morgan fingerprint density at radius 2 is 1.30 bits per heavy atom. The van der Waals surface area contributed by atoms with Crippen molar-refractivity contribution in [3.05, 3.63) is 101 Å². The average molecular weight is 744 g/mol. The Hall–Kier alpha value is -4.86. The molecular weight excluding hydrogens is 682 g/mol. The van der Waals surface area contributed by atoms with Crippen LogP contribution >= 0.6 is 0 Å². The summed E-state index contributed by atoms with van der Waals surface area (Å²) >= 11 is 0. The normalized spacial score (nSPS) is 13.3. The summed E-state index contributed by atoms with van der Waals surface area (Å²) in [6, 6.07) is 18.1. The Morgan fingerprint density at radius 1 is 0.704 bits per heavy atom. The largest absolute Gasteiger partial charge is 0.508 e. The fraction of sp³-hybridized carbons (Fsp3) is 0.500. The van der Waals surface area contributed by atoms with Crippen LogP contribution in [0.2, 0.25) is 0 Å². The maximum atomic E-state index is 15.1. The number of carbonyl (C=O) groups excluding carboxylic acids is 4. The van der Waals surface area contributed by atoms with Crippen LogP contribution in [-0.4, -0.2) is 63.7 Å². The molecule has 0 bridgehead atoms. The van der Waals surface area contributed by atoms with Crippen LogP contribution in [0.15, 0.2) is 72.8 Å². The number of alkyl carbamates (subject to hydrolysis) is 1. The van der Waals surface area contributed by atoms with Crippen LogP contribution in [0, 0.1) is 13.8 Å². The number of phenolic OH excluding ortho intramolecular Hbond substituents is 1. The first-order valence-corrected chi connectivity index (χ1v) is 19.1. The first-order valence-electron chi connectivity index (χ1n) is 19.1. The van der Waals surface area contributed by atoms with Crippen molar-refractivity contribution in [3.63, 3.8) is 0 Å². The summed E-state index contributed by atoms with van der Waals surface area (Å²) in [4.78, 5) is 58.6. The number of rotatable bonds is 17. The smallest absolute Gasteiger partial charge is 0.408 e. The molecule has 3 aromatic rings. The monoisotopic (exact) mass is 743 g/mol. The predicted molar refractivity (Wildman–Crippen MR) is 212 cm³/mol. The number of carbonyl (C=O) groups is 4. The highest BCUT2D eigenvalue weighted by Crippen LogP contribution is 2.29. The van der Waals surface area contributed by atoms with Gasteiger partial charge in [0.1, 0.15) is 35.1 Å².